The number of nitrogens with zero attached hydrogens (tertiary/aromatic N) is 2. The third kappa shape index (κ3) is 2.97. The van der Waals surface area contributed by atoms with Crippen molar-refractivity contribution >= 4 is 17.6 Å². The Labute approximate surface area is 112 Å². The molecule has 0 aliphatic heterocycles. The molecule has 0 aromatic carbocycles. The molecule has 1 aliphatic carbocycles. The molecule has 0 unspecified atom stereocenters. The summed E-state index contributed by atoms with van der Waals surface area (Å²) >= 11 is 0. The van der Waals surface area contributed by atoms with Crippen LogP contribution in [0.1, 0.15) is 26.7 Å². The number of nitrogens with two attached hydrogens (primary N) is 1. The Morgan fingerprint density at radius 3 is 2.53 bits per heavy atom. The molecule has 0 bridgehead atoms. The normalized spacial score (nSPS) is 26.5. The smallest absolute Gasteiger partial charge is 0.239 e. The number of amides is 2. The van der Waals surface area contributed by atoms with Crippen LogP contribution in [0.5, 0.6) is 0 Å². The van der Waals surface area contributed by atoms with Gasteiger partial charge in [-0.05, 0) is 25.7 Å². The van der Waals surface area contributed by atoms with E-state index in [0.29, 0.717) is 25.3 Å². The number of oxime groups is 1. The molecule has 0 heterocycles. The summed E-state index contributed by atoms with van der Waals surface area (Å²) in [6.45, 7) is 4.30. The van der Waals surface area contributed by atoms with Crippen LogP contribution in [-0.2, 0) is 9.59 Å². The van der Waals surface area contributed by atoms with Gasteiger partial charge in [-0.15, -0.1) is 0 Å². The van der Waals surface area contributed by atoms with Gasteiger partial charge in [0.05, 0.1) is 6.54 Å². The molecule has 0 saturated heterocycles. The Kier molecular flexibility index (Phi) is 4.74. The van der Waals surface area contributed by atoms with E-state index in [9.17, 15) is 9.59 Å². The van der Waals surface area contributed by atoms with Crippen molar-refractivity contribution in [1.82, 2.24) is 10.2 Å². The first-order valence-electron chi connectivity index (χ1n) is 6.37. The van der Waals surface area contributed by atoms with E-state index >= 15 is 0 Å². The van der Waals surface area contributed by atoms with Gasteiger partial charge in [-0.1, -0.05) is 12.1 Å². The Morgan fingerprint density at radius 1 is 1.53 bits per heavy atom. The van der Waals surface area contributed by atoms with Crippen molar-refractivity contribution in [1.29, 1.82) is 0 Å². The molecule has 0 radical (unpaired) electrons. The molecule has 0 aromatic rings. The minimum Gasteiger partial charge on any atom is -0.409 e. The van der Waals surface area contributed by atoms with Gasteiger partial charge in [0, 0.05) is 13.6 Å². The Balaban J connectivity index is 2.76. The van der Waals surface area contributed by atoms with Crippen LogP contribution in [0, 0.1) is 11.3 Å². The Bertz CT molecular complexity index is 388. The second-order valence-corrected chi connectivity index (χ2v) is 5.20. The van der Waals surface area contributed by atoms with Gasteiger partial charge in [0.25, 0.3) is 0 Å². The summed E-state index contributed by atoms with van der Waals surface area (Å²) in [4.78, 5) is 25.2. The van der Waals surface area contributed by atoms with Crippen LogP contribution in [0.15, 0.2) is 5.16 Å². The number of hydrogen-bond donors (Lipinski definition) is 3. The van der Waals surface area contributed by atoms with Crippen molar-refractivity contribution in [2.24, 2.45) is 22.2 Å². The molecule has 0 atom stereocenters. The molecule has 1 rings (SSSR count). The number of rotatable bonds is 5. The van der Waals surface area contributed by atoms with Crippen LogP contribution in [0.25, 0.3) is 0 Å². The summed E-state index contributed by atoms with van der Waals surface area (Å²) < 4.78 is 0. The van der Waals surface area contributed by atoms with E-state index in [0.717, 1.165) is 0 Å². The zero-order valence-electron chi connectivity index (χ0n) is 11.6. The van der Waals surface area contributed by atoms with Gasteiger partial charge in [-0.25, -0.2) is 0 Å². The molecule has 2 amide bonds. The second-order valence-electron chi connectivity index (χ2n) is 5.20. The highest BCUT2D eigenvalue weighted by Gasteiger charge is 2.53. The number of amidine groups is 1. The molecule has 7 heteroatoms. The number of likely N-dealkylation sites (N-methyl/N-ethyl adjacent to an activating group) is 2. The molecule has 0 spiro atoms. The van der Waals surface area contributed by atoms with E-state index < -0.39 is 5.41 Å². The fourth-order valence-corrected chi connectivity index (χ4v) is 2.62. The molecule has 19 heavy (non-hydrogen) atoms. The highest BCUT2D eigenvalue weighted by atomic mass is 16.4. The second kappa shape index (κ2) is 5.90. The summed E-state index contributed by atoms with van der Waals surface area (Å²) in [6.07, 6.45) is 1.09. The molecule has 7 nitrogen and oxygen atoms in total. The van der Waals surface area contributed by atoms with E-state index in [1.165, 1.54) is 4.90 Å². The monoisotopic (exact) mass is 270 g/mol. The van der Waals surface area contributed by atoms with E-state index in [1.807, 2.05) is 13.8 Å². The van der Waals surface area contributed by atoms with Crippen LogP contribution < -0.4 is 11.1 Å². The van der Waals surface area contributed by atoms with Crippen molar-refractivity contribution in [2.75, 3.05) is 20.1 Å². The van der Waals surface area contributed by atoms with Crippen molar-refractivity contribution in [3.63, 3.8) is 0 Å². The maximum Gasteiger partial charge on any atom is 0.239 e. The first kappa shape index (κ1) is 15.3. The average molecular weight is 270 g/mol. The average Bonchev–Trinajstić information content (AvgIpc) is 2.33. The maximum absolute atomic E-state index is 12.4. The Hall–Kier alpha value is -1.79. The molecule has 1 fully saturated rings. The first-order valence-corrected chi connectivity index (χ1v) is 6.37. The van der Waals surface area contributed by atoms with Crippen LogP contribution in [-0.4, -0.2) is 47.9 Å². The molecule has 108 valence electrons. The summed E-state index contributed by atoms with van der Waals surface area (Å²) in [5.41, 5.74) is 4.71. The molecule has 4 N–H and O–H groups in total. The topological polar surface area (TPSA) is 108 Å². The Morgan fingerprint density at radius 2 is 2.11 bits per heavy atom. The maximum atomic E-state index is 12.4. The minimum absolute atomic E-state index is 0.0263. The fraction of sp³-hybridized carbons (Fsp3) is 0.750. The van der Waals surface area contributed by atoms with Crippen molar-refractivity contribution in [3.8, 4) is 0 Å². The lowest BCUT2D eigenvalue weighted by molar-refractivity contribution is -0.145. The first-order chi connectivity index (χ1) is 8.87. The third-order valence-corrected chi connectivity index (χ3v) is 3.50. The number of hydrogen-bond acceptors (Lipinski definition) is 4. The third-order valence-electron chi connectivity index (χ3n) is 3.50. The fourth-order valence-electron chi connectivity index (χ4n) is 2.62. The van der Waals surface area contributed by atoms with E-state index in [2.05, 4.69) is 10.5 Å². The highest BCUT2D eigenvalue weighted by molar-refractivity contribution is 6.08. The number of nitrogens with one attached hydrogen (secondary N) is 1. The summed E-state index contributed by atoms with van der Waals surface area (Å²) in [5, 5.41) is 14.4. The molecule has 1 saturated carbocycles. The molecule has 1 aliphatic rings. The lowest BCUT2D eigenvalue weighted by atomic mass is 9.61. The van der Waals surface area contributed by atoms with E-state index in [1.54, 1.807) is 7.05 Å². The lowest BCUT2D eigenvalue weighted by Crippen LogP contribution is -2.58. The van der Waals surface area contributed by atoms with Gasteiger partial charge < -0.3 is 21.2 Å². The van der Waals surface area contributed by atoms with Gasteiger partial charge in [0.15, 0.2) is 5.84 Å². The van der Waals surface area contributed by atoms with Crippen LogP contribution >= 0.6 is 0 Å². The zero-order valence-corrected chi connectivity index (χ0v) is 11.6. The predicted octanol–water partition coefficient (Wildman–Crippen LogP) is -0.256. The zero-order chi connectivity index (χ0) is 14.6. The van der Waals surface area contributed by atoms with Gasteiger partial charge >= 0.3 is 0 Å². The van der Waals surface area contributed by atoms with Crippen LogP contribution in [0.4, 0.5) is 0 Å². The van der Waals surface area contributed by atoms with Crippen LogP contribution in [0.3, 0.4) is 0 Å². The largest absolute Gasteiger partial charge is 0.409 e. The number of carbonyl (C=O) groups is 2. The summed E-state index contributed by atoms with van der Waals surface area (Å²) in [5.74, 6) is -0.215. The van der Waals surface area contributed by atoms with Gasteiger partial charge in [0.2, 0.25) is 11.8 Å². The number of carbonyl (C=O) groups excluding carboxylic acids is 2. The SMILES string of the molecule is CCNC(=O)CN(C)C(=O)C1(C(N)=NO)CC(C)C1. The van der Waals surface area contributed by atoms with E-state index in [4.69, 9.17) is 10.9 Å². The van der Waals surface area contributed by atoms with Crippen molar-refractivity contribution < 1.29 is 14.8 Å². The van der Waals surface area contributed by atoms with E-state index in [-0.39, 0.29) is 24.2 Å². The van der Waals surface area contributed by atoms with Gasteiger partial charge in [-0.2, -0.15) is 0 Å². The van der Waals surface area contributed by atoms with Gasteiger partial charge in [0.1, 0.15) is 5.41 Å². The molecular formula is C12H22N4O3. The highest BCUT2D eigenvalue weighted by Crippen LogP contribution is 2.46. The van der Waals surface area contributed by atoms with Crippen molar-refractivity contribution in [3.05, 3.63) is 0 Å². The molecule has 0 aromatic heterocycles. The quantitative estimate of drug-likeness (QED) is 0.277. The minimum atomic E-state index is -0.949. The molecular weight excluding hydrogens is 248 g/mol. The summed E-state index contributed by atoms with van der Waals surface area (Å²) in [6, 6.07) is 0. The van der Waals surface area contributed by atoms with Crippen molar-refractivity contribution in [2.45, 2.75) is 26.7 Å². The van der Waals surface area contributed by atoms with Gasteiger partial charge in [-0.3, -0.25) is 9.59 Å². The van der Waals surface area contributed by atoms with Crippen LogP contribution in [0.2, 0.25) is 0 Å². The predicted molar refractivity (Wildman–Crippen MR) is 70.6 cm³/mol. The lowest BCUT2D eigenvalue weighted by Gasteiger charge is -2.45. The standard InChI is InChI=1S/C12H22N4O3/c1-4-14-9(17)7-16(3)11(18)12(10(13)15-19)5-8(2)6-12/h8,19H,4-7H2,1-3H3,(H2,13,15)(H,14,17). The summed E-state index contributed by atoms with van der Waals surface area (Å²) in [7, 11) is 1.55.